The lowest BCUT2D eigenvalue weighted by atomic mass is 9.78. The molecule has 1 aromatic heterocycles. The molecule has 5 heteroatoms. The highest BCUT2D eigenvalue weighted by molar-refractivity contribution is 7.11. The highest BCUT2D eigenvalue weighted by Crippen LogP contribution is 2.39. The van der Waals surface area contributed by atoms with Crippen LogP contribution in [-0.4, -0.2) is 23.3 Å². The van der Waals surface area contributed by atoms with Crippen LogP contribution in [0.4, 0.5) is 0 Å². The second-order valence-electron chi connectivity index (χ2n) is 7.03. The minimum atomic E-state index is -0.303. The molecule has 0 unspecified atom stereocenters. The van der Waals surface area contributed by atoms with Crippen LogP contribution in [0.3, 0.4) is 0 Å². The summed E-state index contributed by atoms with van der Waals surface area (Å²) in [6.45, 7) is 8.39. The van der Waals surface area contributed by atoms with Crippen LogP contribution >= 0.6 is 11.3 Å². The van der Waals surface area contributed by atoms with E-state index in [2.05, 4.69) is 32.7 Å². The molecule has 0 spiro atoms. The maximum atomic E-state index is 6.16. The molecular formula is C15H24BNO2S. The maximum Gasteiger partial charge on any atom is 0.515 e. The van der Waals surface area contributed by atoms with Crippen LogP contribution in [0.5, 0.6) is 0 Å². The van der Waals surface area contributed by atoms with Crippen molar-refractivity contribution in [3.63, 3.8) is 0 Å². The van der Waals surface area contributed by atoms with Crippen LogP contribution in [0.2, 0.25) is 0 Å². The molecule has 0 radical (unpaired) electrons. The molecule has 20 heavy (non-hydrogen) atoms. The van der Waals surface area contributed by atoms with Crippen molar-refractivity contribution in [1.82, 2.24) is 4.98 Å². The average Bonchev–Trinajstić information content (AvgIpc) is 2.94. The highest BCUT2D eigenvalue weighted by Gasteiger charge is 2.53. The average molecular weight is 293 g/mol. The minimum absolute atomic E-state index is 0.287. The van der Waals surface area contributed by atoms with Gasteiger partial charge in [-0.1, -0.05) is 19.3 Å². The summed E-state index contributed by atoms with van der Waals surface area (Å²) < 4.78 is 12.3. The van der Waals surface area contributed by atoms with E-state index in [0.717, 1.165) is 5.59 Å². The molecule has 2 aliphatic rings. The van der Waals surface area contributed by atoms with Crippen molar-refractivity contribution in [3.8, 4) is 0 Å². The SMILES string of the molecule is CC1(C)OB(c2ncsc2C2CCCCC2)OC1(C)C. The Labute approximate surface area is 126 Å². The van der Waals surface area contributed by atoms with Crippen LogP contribution in [0.1, 0.15) is 70.6 Å². The first kappa shape index (κ1) is 14.5. The Kier molecular flexibility index (Phi) is 3.72. The Morgan fingerprint density at radius 3 is 2.30 bits per heavy atom. The summed E-state index contributed by atoms with van der Waals surface area (Å²) in [6, 6.07) is 0. The summed E-state index contributed by atoms with van der Waals surface area (Å²) in [5.41, 5.74) is 2.40. The second kappa shape index (κ2) is 5.11. The van der Waals surface area contributed by atoms with Crippen molar-refractivity contribution in [2.75, 3.05) is 0 Å². The molecule has 0 amide bonds. The first-order valence-electron chi connectivity index (χ1n) is 7.70. The van der Waals surface area contributed by atoms with Crippen LogP contribution < -0.4 is 5.59 Å². The largest absolute Gasteiger partial charge is 0.515 e. The summed E-state index contributed by atoms with van der Waals surface area (Å²) in [5.74, 6) is 0.658. The normalized spacial score (nSPS) is 26.1. The van der Waals surface area contributed by atoms with E-state index in [9.17, 15) is 0 Å². The van der Waals surface area contributed by atoms with Gasteiger partial charge in [-0.15, -0.1) is 11.3 Å². The first-order valence-corrected chi connectivity index (χ1v) is 8.57. The molecule has 1 aromatic rings. The van der Waals surface area contributed by atoms with Gasteiger partial charge in [-0.25, -0.2) is 0 Å². The Morgan fingerprint density at radius 1 is 1.10 bits per heavy atom. The van der Waals surface area contributed by atoms with E-state index >= 15 is 0 Å². The number of aromatic nitrogens is 1. The van der Waals surface area contributed by atoms with Gasteiger partial charge in [0.2, 0.25) is 0 Å². The van der Waals surface area contributed by atoms with Crippen molar-refractivity contribution in [2.45, 2.75) is 76.9 Å². The van der Waals surface area contributed by atoms with Crippen LogP contribution in [-0.2, 0) is 9.31 Å². The van der Waals surface area contributed by atoms with Gasteiger partial charge < -0.3 is 9.31 Å². The lowest BCUT2D eigenvalue weighted by molar-refractivity contribution is 0.00578. The number of thiazole rings is 1. The minimum Gasteiger partial charge on any atom is -0.398 e. The molecule has 0 N–H and O–H groups in total. The van der Waals surface area contributed by atoms with Gasteiger partial charge in [0, 0.05) is 4.88 Å². The predicted octanol–water partition coefficient (Wildman–Crippen LogP) is 3.49. The molecular weight excluding hydrogens is 269 g/mol. The lowest BCUT2D eigenvalue weighted by Crippen LogP contribution is -2.41. The van der Waals surface area contributed by atoms with Crippen molar-refractivity contribution in [2.24, 2.45) is 0 Å². The summed E-state index contributed by atoms with van der Waals surface area (Å²) in [7, 11) is -0.303. The molecule has 3 rings (SSSR count). The number of nitrogens with zero attached hydrogens (tertiary/aromatic N) is 1. The highest BCUT2D eigenvalue weighted by atomic mass is 32.1. The molecule has 2 fully saturated rings. The zero-order valence-electron chi connectivity index (χ0n) is 12.9. The Balaban J connectivity index is 1.84. The van der Waals surface area contributed by atoms with Gasteiger partial charge in [0.1, 0.15) is 0 Å². The van der Waals surface area contributed by atoms with Crippen LogP contribution in [0.25, 0.3) is 0 Å². The van der Waals surface area contributed by atoms with Crippen LogP contribution in [0, 0.1) is 0 Å². The smallest absolute Gasteiger partial charge is 0.398 e. The van der Waals surface area contributed by atoms with Gasteiger partial charge in [-0.3, -0.25) is 4.98 Å². The van der Waals surface area contributed by atoms with E-state index in [1.165, 1.54) is 37.0 Å². The predicted molar refractivity (Wildman–Crippen MR) is 83.7 cm³/mol. The molecule has 0 bridgehead atoms. The van der Waals surface area contributed by atoms with Crippen molar-refractivity contribution in [1.29, 1.82) is 0 Å². The van der Waals surface area contributed by atoms with E-state index in [0.29, 0.717) is 5.92 Å². The monoisotopic (exact) mass is 293 g/mol. The zero-order valence-corrected chi connectivity index (χ0v) is 13.8. The third-order valence-corrected chi connectivity index (χ3v) is 6.08. The van der Waals surface area contributed by atoms with E-state index < -0.39 is 0 Å². The number of rotatable bonds is 2. The molecule has 1 saturated carbocycles. The molecule has 0 aromatic carbocycles. The van der Waals surface area contributed by atoms with E-state index in [1.54, 1.807) is 11.3 Å². The van der Waals surface area contributed by atoms with Crippen molar-refractivity contribution in [3.05, 3.63) is 10.4 Å². The number of hydrogen-bond acceptors (Lipinski definition) is 4. The van der Waals surface area contributed by atoms with Gasteiger partial charge in [-0.05, 0) is 46.5 Å². The van der Waals surface area contributed by atoms with Crippen molar-refractivity contribution < 1.29 is 9.31 Å². The Bertz CT molecular complexity index is 464. The first-order chi connectivity index (χ1) is 9.41. The van der Waals surface area contributed by atoms with E-state index in [4.69, 9.17) is 9.31 Å². The van der Waals surface area contributed by atoms with Gasteiger partial charge >= 0.3 is 7.12 Å². The summed E-state index contributed by atoms with van der Waals surface area (Å²) in [5, 5.41) is 0. The summed E-state index contributed by atoms with van der Waals surface area (Å²) >= 11 is 1.77. The topological polar surface area (TPSA) is 31.4 Å². The summed E-state index contributed by atoms with van der Waals surface area (Å²) in [6.07, 6.45) is 6.63. The fourth-order valence-corrected chi connectivity index (χ4v) is 4.04. The molecule has 1 aliphatic heterocycles. The fraction of sp³-hybridized carbons (Fsp3) is 0.800. The quantitative estimate of drug-likeness (QED) is 0.782. The van der Waals surface area contributed by atoms with Gasteiger partial charge in [0.05, 0.1) is 22.3 Å². The van der Waals surface area contributed by atoms with Crippen molar-refractivity contribution >= 4 is 24.0 Å². The lowest BCUT2D eigenvalue weighted by Gasteiger charge is -2.32. The molecule has 2 heterocycles. The van der Waals surface area contributed by atoms with Gasteiger partial charge in [-0.2, -0.15) is 0 Å². The second-order valence-corrected chi connectivity index (χ2v) is 7.91. The Hall–Kier alpha value is -0.385. The van der Waals surface area contributed by atoms with Crippen LogP contribution in [0.15, 0.2) is 5.51 Å². The Morgan fingerprint density at radius 2 is 1.70 bits per heavy atom. The zero-order chi connectivity index (χ0) is 14.4. The fourth-order valence-electron chi connectivity index (χ4n) is 3.07. The third-order valence-electron chi connectivity index (χ3n) is 5.08. The molecule has 3 nitrogen and oxygen atoms in total. The molecule has 0 atom stereocenters. The van der Waals surface area contributed by atoms with E-state index in [1.807, 2.05) is 5.51 Å². The molecule has 110 valence electrons. The molecule has 1 aliphatic carbocycles. The van der Waals surface area contributed by atoms with Gasteiger partial charge in [0.25, 0.3) is 0 Å². The summed E-state index contributed by atoms with van der Waals surface area (Å²) in [4.78, 5) is 5.96. The van der Waals surface area contributed by atoms with Gasteiger partial charge in [0.15, 0.2) is 0 Å². The van der Waals surface area contributed by atoms with E-state index in [-0.39, 0.29) is 18.3 Å². The third kappa shape index (κ3) is 2.44. The molecule has 1 saturated heterocycles. The maximum absolute atomic E-state index is 6.16. The number of hydrogen-bond donors (Lipinski definition) is 0. The standard InChI is InChI=1S/C15H24BNO2S/c1-14(2)15(3,4)19-16(18-14)13-12(20-10-17-13)11-8-6-5-7-9-11/h10-11H,5-9H2,1-4H3.